The van der Waals surface area contributed by atoms with Crippen molar-refractivity contribution in [2.75, 3.05) is 51.8 Å². The number of rotatable bonds is 9. The number of methoxy groups -OCH3 is 2. The van der Waals surface area contributed by atoms with Crippen LogP contribution in [0.1, 0.15) is 38.8 Å². The van der Waals surface area contributed by atoms with Gasteiger partial charge in [0.05, 0.1) is 32.5 Å². The van der Waals surface area contributed by atoms with Gasteiger partial charge in [0.1, 0.15) is 11.5 Å². The van der Waals surface area contributed by atoms with E-state index in [1.807, 2.05) is 72.2 Å². The van der Waals surface area contributed by atoms with E-state index in [4.69, 9.17) is 21.7 Å². The average Bonchev–Trinajstić information content (AvgIpc) is 3.26. The number of nitrogens with zero attached hydrogens (tertiary/aromatic N) is 5. The van der Waals surface area contributed by atoms with Gasteiger partial charge in [-0.1, -0.05) is 30.3 Å². The highest BCUT2D eigenvalue weighted by Gasteiger charge is 2.26. The Morgan fingerprint density at radius 1 is 0.976 bits per heavy atom. The topological polar surface area (TPSA) is 83.1 Å². The molecule has 0 aliphatic carbocycles. The number of thiocarbonyl (C=S) groups is 1. The highest BCUT2D eigenvalue weighted by atomic mass is 32.1. The third-order valence-corrected chi connectivity index (χ3v) is 7.59. The molecule has 1 aliphatic heterocycles. The molecular formula is C31H40N6O3S. The largest absolute Gasteiger partial charge is 0.497 e. The summed E-state index contributed by atoms with van der Waals surface area (Å²) in [7, 11) is 3.25. The fraction of sp³-hybridized carbons (Fsp3) is 0.419. The highest BCUT2D eigenvalue weighted by molar-refractivity contribution is 7.80. The summed E-state index contributed by atoms with van der Waals surface area (Å²) < 4.78 is 10.8. The van der Waals surface area contributed by atoms with Crippen LogP contribution < -0.4 is 19.7 Å². The molecule has 0 bridgehead atoms. The molecule has 1 atom stereocenters. The molecule has 0 saturated carbocycles. The molecule has 218 valence electrons. The minimum absolute atomic E-state index is 0.0412. The van der Waals surface area contributed by atoms with E-state index in [0.29, 0.717) is 30.5 Å². The van der Waals surface area contributed by atoms with Crippen molar-refractivity contribution in [2.24, 2.45) is 0 Å². The Bertz CT molecular complexity index is 1300. The van der Waals surface area contributed by atoms with E-state index in [9.17, 15) is 4.79 Å². The Morgan fingerprint density at radius 3 is 2.41 bits per heavy atom. The van der Waals surface area contributed by atoms with Crippen LogP contribution >= 0.6 is 12.2 Å². The number of carbonyl (C=O) groups excluding carboxylic acids is 1. The molecule has 0 unspecified atom stereocenters. The predicted molar refractivity (Wildman–Crippen MR) is 166 cm³/mol. The predicted octanol–water partition coefficient (Wildman–Crippen LogP) is 4.55. The van der Waals surface area contributed by atoms with Crippen molar-refractivity contribution in [3.05, 3.63) is 66.2 Å². The van der Waals surface area contributed by atoms with Crippen LogP contribution in [-0.4, -0.2) is 84.0 Å². The van der Waals surface area contributed by atoms with Gasteiger partial charge in [0.25, 0.3) is 0 Å². The molecule has 1 aliphatic rings. The number of amides is 1. The molecule has 2 heterocycles. The first-order chi connectivity index (χ1) is 19.8. The standard InChI is InChI=1S/C31H40N6O3S/c1-22(2)32-31(41)37(23(3)24-10-7-6-8-11-24)21-30(38)36-17-9-16-35(18-19-36)29-15-14-27(33-34-29)26-13-12-25(39-4)20-28(26)40-5/h6-8,10-15,20,22-23H,9,16-19,21H2,1-5H3,(H,32,41)/t23-/m0/s1. The van der Waals surface area contributed by atoms with E-state index in [1.54, 1.807) is 14.2 Å². The summed E-state index contributed by atoms with van der Waals surface area (Å²) in [6.45, 7) is 9.15. The molecule has 41 heavy (non-hydrogen) atoms. The number of nitrogens with one attached hydrogen (secondary N) is 1. The van der Waals surface area contributed by atoms with Gasteiger partial charge in [-0.25, -0.2) is 0 Å². The molecule has 0 spiro atoms. The molecule has 4 rings (SSSR count). The number of hydrogen-bond donors (Lipinski definition) is 1. The molecule has 1 fully saturated rings. The lowest BCUT2D eigenvalue weighted by Gasteiger charge is -2.34. The molecule has 1 N–H and O–H groups in total. The number of carbonyl (C=O) groups is 1. The van der Waals surface area contributed by atoms with Crippen LogP contribution in [0.2, 0.25) is 0 Å². The Morgan fingerprint density at radius 2 is 1.76 bits per heavy atom. The molecule has 0 radical (unpaired) electrons. The molecule has 1 saturated heterocycles. The minimum atomic E-state index is -0.0412. The number of ether oxygens (including phenoxy) is 2. The van der Waals surface area contributed by atoms with Crippen LogP contribution in [-0.2, 0) is 4.79 Å². The summed E-state index contributed by atoms with van der Waals surface area (Å²) in [4.78, 5) is 19.7. The SMILES string of the molecule is COc1ccc(-c2ccc(N3CCCN(C(=O)CN(C(=S)NC(C)C)[C@@H](C)c4ccccc4)CC3)nn2)c(OC)c1. The van der Waals surface area contributed by atoms with Gasteiger partial charge in [-0.2, -0.15) is 0 Å². The molecule has 3 aromatic rings. The Balaban J connectivity index is 1.42. The first-order valence-electron chi connectivity index (χ1n) is 14.0. The van der Waals surface area contributed by atoms with Gasteiger partial charge in [-0.15, -0.1) is 10.2 Å². The number of aromatic nitrogens is 2. The molecule has 2 aromatic carbocycles. The van der Waals surface area contributed by atoms with E-state index in [2.05, 4.69) is 39.5 Å². The van der Waals surface area contributed by atoms with E-state index < -0.39 is 0 Å². The quantitative estimate of drug-likeness (QED) is 0.369. The van der Waals surface area contributed by atoms with Crippen LogP contribution in [0.3, 0.4) is 0 Å². The second kappa shape index (κ2) is 14.1. The van der Waals surface area contributed by atoms with Crippen molar-refractivity contribution < 1.29 is 14.3 Å². The zero-order valence-electron chi connectivity index (χ0n) is 24.5. The summed E-state index contributed by atoms with van der Waals surface area (Å²) in [5.74, 6) is 2.25. The normalized spacial score (nSPS) is 14.3. The summed E-state index contributed by atoms with van der Waals surface area (Å²) >= 11 is 5.74. The third-order valence-electron chi connectivity index (χ3n) is 7.24. The van der Waals surface area contributed by atoms with Gasteiger partial charge in [0.2, 0.25) is 5.91 Å². The van der Waals surface area contributed by atoms with Gasteiger partial charge >= 0.3 is 0 Å². The van der Waals surface area contributed by atoms with Gasteiger partial charge in [0.15, 0.2) is 10.9 Å². The van der Waals surface area contributed by atoms with Crippen molar-refractivity contribution in [2.45, 2.75) is 39.3 Å². The van der Waals surface area contributed by atoms with Crippen LogP contribution in [0.5, 0.6) is 11.5 Å². The highest BCUT2D eigenvalue weighted by Crippen LogP contribution is 2.32. The number of benzene rings is 2. The van der Waals surface area contributed by atoms with Crippen LogP contribution in [0.25, 0.3) is 11.3 Å². The monoisotopic (exact) mass is 576 g/mol. The fourth-order valence-corrected chi connectivity index (χ4v) is 5.37. The molecule has 1 aromatic heterocycles. The second-order valence-electron chi connectivity index (χ2n) is 10.4. The maximum Gasteiger partial charge on any atom is 0.242 e. The maximum atomic E-state index is 13.6. The first-order valence-corrected chi connectivity index (χ1v) is 14.4. The fourth-order valence-electron chi connectivity index (χ4n) is 4.92. The minimum Gasteiger partial charge on any atom is -0.497 e. The van der Waals surface area contributed by atoms with E-state index in [1.165, 1.54) is 0 Å². The average molecular weight is 577 g/mol. The lowest BCUT2D eigenvalue weighted by atomic mass is 10.1. The van der Waals surface area contributed by atoms with Crippen molar-refractivity contribution in [3.63, 3.8) is 0 Å². The van der Waals surface area contributed by atoms with Crippen LogP contribution in [0.15, 0.2) is 60.7 Å². The first kappa shape index (κ1) is 30.0. The van der Waals surface area contributed by atoms with Gasteiger partial charge in [-0.3, -0.25) is 4.79 Å². The lowest BCUT2D eigenvalue weighted by molar-refractivity contribution is -0.131. The summed E-state index contributed by atoms with van der Waals surface area (Å²) in [5, 5.41) is 12.9. The molecule has 1 amide bonds. The maximum absolute atomic E-state index is 13.6. The zero-order chi connectivity index (χ0) is 29.4. The summed E-state index contributed by atoms with van der Waals surface area (Å²) in [5.41, 5.74) is 2.68. The van der Waals surface area contributed by atoms with Gasteiger partial charge in [-0.05, 0) is 69.2 Å². The second-order valence-corrected chi connectivity index (χ2v) is 10.8. The number of anilines is 1. The van der Waals surface area contributed by atoms with Crippen LogP contribution in [0.4, 0.5) is 5.82 Å². The Labute approximate surface area is 248 Å². The van der Waals surface area contributed by atoms with E-state index in [-0.39, 0.29) is 24.5 Å². The molecule has 9 nitrogen and oxygen atoms in total. The van der Waals surface area contributed by atoms with Crippen LogP contribution in [0, 0.1) is 0 Å². The van der Waals surface area contributed by atoms with Gasteiger partial charge in [0, 0.05) is 43.9 Å². The van der Waals surface area contributed by atoms with Crippen molar-refractivity contribution in [3.8, 4) is 22.8 Å². The van der Waals surface area contributed by atoms with Crippen molar-refractivity contribution >= 4 is 29.1 Å². The molecular weight excluding hydrogens is 536 g/mol. The van der Waals surface area contributed by atoms with E-state index in [0.717, 1.165) is 41.4 Å². The summed E-state index contributed by atoms with van der Waals surface area (Å²) in [6, 6.07) is 19.8. The van der Waals surface area contributed by atoms with Crippen molar-refractivity contribution in [1.29, 1.82) is 0 Å². The molecule has 10 heteroatoms. The third kappa shape index (κ3) is 7.64. The summed E-state index contributed by atoms with van der Waals surface area (Å²) in [6.07, 6.45) is 0.838. The van der Waals surface area contributed by atoms with Gasteiger partial charge < -0.3 is 29.5 Å². The zero-order valence-corrected chi connectivity index (χ0v) is 25.4. The Hall–Kier alpha value is -3.92. The Kier molecular flexibility index (Phi) is 10.3. The van der Waals surface area contributed by atoms with Crippen molar-refractivity contribution in [1.82, 2.24) is 25.3 Å². The smallest absolute Gasteiger partial charge is 0.242 e. The van der Waals surface area contributed by atoms with E-state index >= 15 is 0 Å². The lowest BCUT2D eigenvalue weighted by Crippen LogP contribution is -2.49. The number of hydrogen-bond acceptors (Lipinski definition) is 7.